The Morgan fingerprint density at radius 1 is 1.50 bits per heavy atom. The second-order valence-electron chi connectivity index (χ2n) is 4.46. The molecule has 92 valence electrons. The Morgan fingerprint density at radius 3 is 2.81 bits per heavy atom. The lowest BCUT2D eigenvalue weighted by molar-refractivity contribution is -0.122. The van der Waals surface area contributed by atoms with E-state index in [1.807, 2.05) is 6.08 Å². The van der Waals surface area contributed by atoms with Gasteiger partial charge in [0.15, 0.2) is 0 Å². The number of hydrogen-bond donors (Lipinski definition) is 2. The third-order valence-electron chi connectivity index (χ3n) is 2.92. The summed E-state index contributed by atoms with van der Waals surface area (Å²) in [7, 11) is 0. The topological polar surface area (TPSA) is 55.1 Å². The molecule has 0 aromatic rings. The molecule has 0 radical (unpaired) electrons. The van der Waals surface area contributed by atoms with Crippen molar-refractivity contribution in [3.63, 3.8) is 0 Å². The van der Waals surface area contributed by atoms with E-state index >= 15 is 0 Å². The minimum absolute atomic E-state index is 0.101. The maximum absolute atomic E-state index is 11.6. The van der Waals surface area contributed by atoms with E-state index in [2.05, 4.69) is 11.9 Å². The molecule has 1 rings (SSSR count). The number of nitrogens with two attached hydrogens (primary N) is 1. The first-order chi connectivity index (χ1) is 7.66. The second-order valence-corrected chi connectivity index (χ2v) is 5.61. The average molecular weight is 242 g/mol. The van der Waals surface area contributed by atoms with Gasteiger partial charge in [0.1, 0.15) is 0 Å². The van der Waals surface area contributed by atoms with Gasteiger partial charge in [-0.25, -0.2) is 0 Å². The minimum atomic E-state index is -0.224. The Morgan fingerprint density at radius 2 is 2.19 bits per heavy atom. The van der Waals surface area contributed by atoms with Crippen molar-refractivity contribution in [2.24, 2.45) is 5.73 Å². The molecule has 0 spiro atoms. The fraction of sp³-hybridized carbons (Fsp3) is 0.750. The highest BCUT2D eigenvalue weighted by atomic mass is 32.2. The van der Waals surface area contributed by atoms with Crippen molar-refractivity contribution in [3.8, 4) is 0 Å². The number of thioether (sulfide) groups is 1. The molecule has 0 atom stereocenters. The number of nitrogens with one attached hydrogen (secondary N) is 1. The Labute approximate surface area is 102 Å². The summed E-state index contributed by atoms with van der Waals surface area (Å²) in [5.74, 6) is 1.98. The lowest BCUT2D eigenvalue weighted by Gasteiger charge is -2.22. The minimum Gasteiger partial charge on any atom is -0.355 e. The highest BCUT2D eigenvalue weighted by molar-refractivity contribution is 7.99. The van der Waals surface area contributed by atoms with E-state index in [9.17, 15) is 4.79 Å². The smallest absolute Gasteiger partial charge is 0.221 e. The summed E-state index contributed by atoms with van der Waals surface area (Å²) in [6.45, 7) is 4.38. The number of rotatable bonds is 7. The van der Waals surface area contributed by atoms with E-state index in [-0.39, 0.29) is 11.4 Å². The summed E-state index contributed by atoms with van der Waals surface area (Å²) in [6, 6.07) is 0. The van der Waals surface area contributed by atoms with Crippen LogP contribution in [-0.4, -0.2) is 29.5 Å². The monoisotopic (exact) mass is 242 g/mol. The SMILES string of the molecule is C=CCSCCNC(=O)CC1(N)CCCC1. The molecule has 0 aliphatic heterocycles. The molecule has 0 heterocycles. The molecule has 4 heteroatoms. The van der Waals surface area contributed by atoms with Gasteiger partial charge in [0.2, 0.25) is 5.91 Å². The molecule has 0 aromatic carbocycles. The first kappa shape index (κ1) is 13.6. The van der Waals surface area contributed by atoms with Gasteiger partial charge in [-0.05, 0) is 12.8 Å². The molecule has 1 aliphatic rings. The van der Waals surface area contributed by atoms with Crippen LogP contribution >= 0.6 is 11.8 Å². The van der Waals surface area contributed by atoms with Gasteiger partial charge in [-0.15, -0.1) is 6.58 Å². The molecule has 1 fully saturated rings. The van der Waals surface area contributed by atoms with E-state index < -0.39 is 0 Å². The summed E-state index contributed by atoms with van der Waals surface area (Å²) in [5, 5.41) is 2.92. The van der Waals surface area contributed by atoms with Crippen molar-refractivity contribution in [1.29, 1.82) is 0 Å². The molecular formula is C12H22N2OS. The van der Waals surface area contributed by atoms with Crippen LogP contribution in [-0.2, 0) is 4.79 Å². The summed E-state index contributed by atoms with van der Waals surface area (Å²) < 4.78 is 0. The maximum atomic E-state index is 11.6. The van der Waals surface area contributed by atoms with Crippen molar-refractivity contribution in [3.05, 3.63) is 12.7 Å². The van der Waals surface area contributed by atoms with Gasteiger partial charge in [-0.1, -0.05) is 18.9 Å². The third-order valence-corrected chi connectivity index (χ3v) is 3.88. The highest BCUT2D eigenvalue weighted by Gasteiger charge is 2.31. The Hall–Kier alpha value is -0.480. The maximum Gasteiger partial charge on any atom is 0.221 e. The first-order valence-electron chi connectivity index (χ1n) is 5.90. The average Bonchev–Trinajstić information content (AvgIpc) is 2.64. The molecule has 1 amide bonds. The summed E-state index contributed by atoms with van der Waals surface area (Å²) in [5.41, 5.74) is 5.91. The van der Waals surface area contributed by atoms with E-state index in [4.69, 9.17) is 5.73 Å². The number of carbonyl (C=O) groups excluding carboxylic acids is 1. The van der Waals surface area contributed by atoms with Crippen LogP contribution in [0.2, 0.25) is 0 Å². The Bertz CT molecular complexity index is 237. The fourth-order valence-corrected chi connectivity index (χ4v) is 2.65. The molecular weight excluding hydrogens is 220 g/mol. The van der Waals surface area contributed by atoms with Crippen molar-refractivity contribution < 1.29 is 4.79 Å². The van der Waals surface area contributed by atoms with Crippen molar-refractivity contribution >= 4 is 17.7 Å². The summed E-state index contributed by atoms with van der Waals surface area (Å²) in [4.78, 5) is 11.6. The van der Waals surface area contributed by atoms with Gasteiger partial charge in [0, 0.05) is 30.0 Å². The molecule has 16 heavy (non-hydrogen) atoms. The second kappa shape index (κ2) is 6.97. The summed E-state index contributed by atoms with van der Waals surface area (Å²) >= 11 is 1.77. The quantitative estimate of drug-likeness (QED) is 0.527. The van der Waals surface area contributed by atoms with Gasteiger partial charge in [0.05, 0.1) is 0 Å². The number of hydrogen-bond acceptors (Lipinski definition) is 3. The van der Waals surface area contributed by atoms with Crippen LogP contribution in [0.3, 0.4) is 0 Å². The van der Waals surface area contributed by atoms with Crippen LogP contribution < -0.4 is 11.1 Å². The number of carbonyl (C=O) groups is 1. The van der Waals surface area contributed by atoms with Gasteiger partial charge < -0.3 is 11.1 Å². The number of amides is 1. The summed E-state index contributed by atoms with van der Waals surface area (Å²) in [6.07, 6.45) is 6.67. The fourth-order valence-electron chi connectivity index (χ4n) is 2.07. The molecule has 0 unspecified atom stereocenters. The van der Waals surface area contributed by atoms with Gasteiger partial charge >= 0.3 is 0 Å². The molecule has 3 N–H and O–H groups in total. The third kappa shape index (κ3) is 5.03. The molecule has 0 saturated heterocycles. The lowest BCUT2D eigenvalue weighted by atomic mass is 9.94. The molecule has 0 aromatic heterocycles. The first-order valence-corrected chi connectivity index (χ1v) is 7.06. The normalized spacial score (nSPS) is 18.3. The van der Waals surface area contributed by atoms with E-state index in [1.54, 1.807) is 11.8 Å². The van der Waals surface area contributed by atoms with Crippen LogP contribution in [0.4, 0.5) is 0 Å². The van der Waals surface area contributed by atoms with Crippen molar-refractivity contribution in [1.82, 2.24) is 5.32 Å². The molecule has 0 bridgehead atoms. The Balaban J connectivity index is 2.08. The van der Waals surface area contributed by atoms with Crippen LogP contribution in [0.15, 0.2) is 12.7 Å². The van der Waals surface area contributed by atoms with E-state index in [0.717, 1.165) is 30.9 Å². The molecule has 3 nitrogen and oxygen atoms in total. The van der Waals surface area contributed by atoms with Crippen LogP contribution in [0.25, 0.3) is 0 Å². The largest absolute Gasteiger partial charge is 0.355 e. The van der Waals surface area contributed by atoms with Gasteiger partial charge in [-0.2, -0.15) is 11.8 Å². The zero-order valence-electron chi connectivity index (χ0n) is 9.84. The van der Waals surface area contributed by atoms with Crippen LogP contribution in [0.1, 0.15) is 32.1 Å². The standard InChI is InChI=1S/C12H22N2OS/c1-2-8-16-9-7-14-11(15)10-12(13)5-3-4-6-12/h2H,1,3-10,13H2,(H,14,15). The zero-order chi connectivity index (χ0) is 11.9. The van der Waals surface area contributed by atoms with E-state index in [0.29, 0.717) is 6.42 Å². The van der Waals surface area contributed by atoms with E-state index in [1.165, 1.54) is 12.8 Å². The predicted molar refractivity (Wildman–Crippen MR) is 70.5 cm³/mol. The van der Waals surface area contributed by atoms with Crippen molar-refractivity contribution in [2.75, 3.05) is 18.1 Å². The Kier molecular flexibility index (Phi) is 5.91. The molecule has 1 saturated carbocycles. The van der Waals surface area contributed by atoms with Crippen LogP contribution in [0, 0.1) is 0 Å². The zero-order valence-corrected chi connectivity index (χ0v) is 10.7. The predicted octanol–water partition coefficient (Wildman–Crippen LogP) is 1.68. The van der Waals surface area contributed by atoms with Crippen LogP contribution in [0.5, 0.6) is 0 Å². The lowest BCUT2D eigenvalue weighted by Crippen LogP contribution is -2.42. The van der Waals surface area contributed by atoms with Gasteiger partial charge in [0.25, 0.3) is 0 Å². The highest BCUT2D eigenvalue weighted by Crippen LogP contribution is 2.29. The van der Waals surface area contributed by atoms with Gasteiger partial charge in [-0.3, -0.25) is 4.79 Å². The van der Waals surface area contributed by atoms with Crippen molar-refractivity contribution in [2.45, 2.75) is 37.6 Å². The molecule has 1 aliphatic carbocycles.